The Morgan fingerprint density at radius 3 is 2.44 bits per heavy atom. The van der Waals surface area contributed by atoms with Gasteiger partial charge in [0, 0.05) is 5.54 Å². The van der Waals surface area contributed by atoms with E-state index in [0.717, 1.165) is 6.42 Å². The first-order valence-corrected chi connectivity index (χ1v) is 7.39. The van der Waals surface area contributed by atoms with E-state index >= 15 is 0 Å². The second-order valence-electron chi connectivity index (χ2n) is 6.45. The maximum absolute atomic E-state index is 6.63. The molecule has 1 fully saturated rings. The van der Waals surface area contributed by atoms with Crippen LogP contribution < -0.4 is 5.73 Å². The zero-order valence-corrected chi connectivity index (χ0v) is 12.1. The Kier molecular flexibility index (Phi) is 4.11. The molecule has 0 heterocycles. The van der Waals surface area contributed by atoms with Crippen LogP contribution in [-0.4, -0.2) is 5.54 Å². The van der Waals surface area contributed by atoms with E-state index in [-0.39, 0.29) is 5.54 Å². The molecular formula is C17H27N. The maximum atomic E-state index is 6.63. The fourth-order valence-corrected chi connectivity index (χ4v) is 3.10. The van der Waals surface area contributed by atoms with Gasteiger partial charge in [-0.15, -0.1) is 0 Å². The first-order chi connectivity index (χ1) is 8.51. The molecule has 0 amide bonds. The fourth-order valence-electron chi connectivity index (χ4n) is 3.10. The van der Waals surface area contributed by atoms with Crippen LogP contribution in [0, 0.1) is 5.92 Å². The highest BCUT2D eigenvalue weighted by atomic mass is 14.8. The zero-order valence-electron chi connectivity index (χ0n) is 12.1. The lowest BCUT2D eigenvalue weighted by Gasteiger charge is -2.39. The van der Waals surface area contributed by atoms with Gasteiger partial charge in [0.25, 0.3) is 0 Å². The molecule has 100 valence electrons. The van der Waals surface area contributed by atoms with Gasteiger partial charge in [0.1, 0.15) is 0 Å². The molecule has 1 heteroatoms. The SMILES string of the molecule is CC(C)c1ccc(CC2(N)CCCCC2C)cc1. The van der Waals surface area contributed by atoms with Crippen molar-refractivity contribution in [2.45, 2.75) is 64.3 Å². The van der Waals surface area contributed by atoms with E-state index in [4.69, 9.17) is 5.73 Å². The molecule has 0 aromatic heterocycles. The number of hydrogen-bond donors (Lipinski definition) is 1. The Balaban J connectivity index is 2.08. The second kappa shape index (κ2) is 5.44. The van der Waals surface area contributed by atoms with E-state index < -0.39 is 0 Å². The smallest absolute Gasteiger partial charge is 0.0221 e. The number of rotatable bonds is 3. The van der Waals surface area contributed by atoms with E-state index in [9.17, 15) is 0 Å². The van der Waals surface area contributed by atoms with Gasteiger partial charge in [0.2, 0.25) is 0 Å². The average molecular weight is 245 g/mol. The Morgan fingerprint density at radius 2 is 1.89 bits per heavy atom. The summed E-state index contributed by atoms with van der Waals surface area (Å²) >= 11 is 0. The summed E-state index contributed by atoms with van der Waals surface area (Å²) in [5.41, 5.74) is 9.47. The summed E-state index contributed by atoms with van der Waals surface area (Å²) in [6.45, 7) is 6.80. The molecule has 2 N–H and O–H groups in total. The minimum Gasteiger partial charge on any atom is -0.325 e. The van der Waals surface area contributed by atoms with Crippen molar-refractivity contribution in [1.29, 1.82) is 0 Å². The molecule has 1 aromatic carbocycles. The molecule has 0 spiro atoms. The van der Waals surface area contributed by atoms with Gasteiger partial charge in [-0.2, -0.15) is 0 Å². The van der Waals surface area contributed by atoms with Gasteiger partial charge in [0.05, 0.1) is 0 Å². The van der Waals surface area contributed by atoms with Gasteiger partial charge in [0.15, 0.2) is 0 Å². The Morgan fingerprint density at radius 1 is 1.22 bits per heavy atom. The van der Waals surface area contributed by atoms with Crippen molar-refractivity contribution in [1.82, 2.24) is 0 Å². The highest BCUT2D eigenvalue weighted by molar-refractivity contribution is 5.26. The van der Waals surface area contributed by atoms with Crippen molar-refractivity contribution in [2.24, 2.45) is 11.7 Å². The number of nitrogens with two attached hydrogens (primary N) is 1. The van der Waals surface area contributed by atoms with Crippen LogP contribution in [0.2, 0.25) is 0 Å². The molecule has 1 aromatic rings. The molecular weight excluding hydrogens is 218 g/mol. The van der Waals surface area contributed by atoms with Gasteiger partial charge in [-0.3, -0.25) is 0 Å². The van der Waals surface area contributed by atoms with Gasteiger partial charge in [-0.05, 0) is 42.2 Å². The third-order valence-electron chi connectivity index (χ3n) is 4.69. The van der Waals surface area contributed by atoms with Crippen LogP contribution in [0.25, 0.3) is 0 Å². The van der Waals surface area contributed by atoms with Crippen molar-refractivity contribution in [3.63, 3.8) is 0 Å². The molecule has 2 rings (SSSR count). The lowest BCUT2D eigenvalue weighted by Crippen LogP contribution is -2.49. The van der Waals surface area contributed by atoms with Crippen LogP contribution >= 0.6 is 0 Å². The van der Waals surface area contributed by atoms with E-state index in [0.29, 0.717) is 11.8 Å². The summed E-state index contributed by atoms with van der Waals surface area (Å²) in [7, 11) is 0. The average Bonchev–Trinajstić information content (AvgIpc) is 2.34. The van der Waals surface area contributed by atoms with E-state index in [1.54, 1.807) is 0 Å². The molecule has 1 aliphatic rings. The molecule has 1 saturated carbocycles. The second-order valence-corrected chi connectivity index (χ2v) is 6.45. The summed E-state index contributed by atoms with van der Waals surface area (Å²) in [6.07, 6.45) is 6.16. The molecule has 0 aliphatic heterocycles. The third-order valence-corrected chi connectivity index (χ3v) is 4.69. The van der Waals surface area contributed by atoms with Crippen LogP contribution in [-0.2, 0) is 6.42 Å². The van der Waals surface area contributed by atoms with Crippen molar-refractivity contribution >= 4 is 0 Å². The van der Waals surface area contributed by atoms with Gasteiger partial charge in [-0.1, -0.05) is 57.9 Å². The maximum Gasteiger partial charge on any atom is 0.0221 e. The minimum absolute atomic E-state index is 0.0254. The Labute approximate surface area is 112 Å². The van der Waals surface area contributed by atoms with Crippen molar-refractivity contribution in [3.05, 3.63) is 35.4 Å². The molecule has 0 bridgehead atoms. The standard InChI is InChI=1S/C17H27N/c1-13(2)16-9-7-15(8-10-16)12-17(18)11-5-4-6-14(17)3/h7-10,13-14H,4-6,11-12,18H2,1-3H3. The third kappa shape index (κ3) is 2.95. The Hall–Kier alpha value is -0.820. The lowest BCUT2D eigenvalue weighted by molar-refractivity contribution is 0.204. The van der Waals surface area contributed by atoms with Crippen LogP contribution in [0.1, 0.15) is 63.5 Å². The van der Waals surface area contributed by atoms with E-state index in [1.807, 2.05) is 0 Å². The summed E-state index contributed by atoms with van der Waals surface area (Å²) in [5.74, 6) is 1.26. The Bertz CT molecular complexity index is 379. The monoisotopic (exact) mass is 245 g/mol. The van der Waals surface area contributed by atoms with Crippen LogP contribution in [0.3, 0.4) is 0 Å². The predicted octanol–water partition coefficient (Wildman–Crippen LogP) is 4.26. The number of hydrogen-bond acceptors (Lipinski definition) is 1. The fraction of sp³-hybridized carbons (Fsp3) is 0.647. The largest absolute Gasteiger partial charge is 0.325 e. The van der Waals surface area contributed by atoms with Gasteiger partial charge >= 0.3 is 0 Å². The normalized spacial score (nSPS) is 28.6. The number of benzene rings is 1. The molecule has 18 heavy (non-hydrogen) atoms. The molecule has 0 radical (unpaired) electrons. The van der Waals surface area contributed by atoms with Crippen molar-refractivity contribution < 1.29 is 0 Å². The van der Waals surface area contributed by atoms with Crippen LogP contribution in [0.15, 0.2) is 24.3 Å². The lowest BCUT2D eigenvalue weighted by atomic mass is 9.71. The zero-order chi connectivity index (χ0) is 13.2. The molecule has 2 atom stereocenters. The van der Waals surface area contributed by atoms with Crippen LogP contribution in [0.4, 0.5) is 0 Å². The topological polar surface area (TPSA) is 26.0 Å². The summed E-state index contributed by atoms with van der Waals surface area (Å²) in [5, 5.41) is 0. The van der Waals surface area contributed by atoms with E-state index in [2.05, 4.69) is 45.0 Å². The summed E-state index contributed by atoms with van der Waals surface area (Å²) in [6, 6.07) is 9.06. The van der Waals surface area contributed by atoms with Crippen molar-refractivity contribution in [3.8, 4) is 0 Å². The summed E-state index contributed by atoms with van der Waals surface area (Å²) in [4.78, 5) is 0. The molecule has 0 saturated heterocycles. The quantitative estimate of drug-likeness (QED) is 0.846. The van der Waals surface area contributed by atoms with Crippen molar-refractivity contribution in [2.75, 3.05) is 0 Å². The molecule has 1 aliphatic carbocycles. The minimum atomic E-state index is 0.0254. The molecule has 1 nitrogen and oxygen atoms in total. The first kappa shape index (κ1) is 13.6. The first-order valence-electron chi connectivity index (χ1n) is 7.39. The highest BCUT2D eigenvalue weighted by Gasteiger charge is 2.34. The predicted molar refractivity (Wildman–Crippen MR) is 78.8 cm³/mol. The van der Waals surface area contributed by atoms with E-state index in [1.165, 1.54) is 36.8 Å². The van der Waals surface area contributed by atoms with Gasteiger partial charge < -0.3 is 5.73 Å². The van der Waals surface area contributed by atoms with Crippen LogP contribution in [0.5, 0.6) is 0 Å². The molecule has 2 unspecified atom stereocenters. The van der Waals surface area contributed by atoms with Gasteiger partial charge in [-0.25, -0.2) is 0 Å². The highest BCUT2D eigenvalue weighted by Crippen LogP contribution is 2.34. The summed E-state index contributed by atoms with van der Waals surface area (Å²) < 4.78 is 0.